The molecule has 0 radical (unpaired) electrons. The van der Waals surface area contributed by atoms with Crippen LogP contribution in [0, 0.1) is 34.5 Å². The van der Waals surface area contributed by atoms with Crippen LogP contribution in [0.1, 0.15) is 98.4 Å². The Hall–Kier alpha value is -2.98. The first-order valence-corrected chi connectivity index (χ1v) is 28.0. The zero-order chi connectivity index (χ0) is 43.1. The molecule has 3 aromatic carbocycles. The monoisotopic (exact) mass is 872 g/mol. The minimum atomic E-state index is -4.87. The van der Waals surface area contributed by atoms with Crippen molar-refractivity contribution in [1.29, 1.82) is 0 Å². The van der Waals surface area contributed by atoms with E-state index in [1.54, 1.807) is 24.3 Å². The normalized spacial score (nSPS) is 34.1. The SMILES string of the molecule is CC[Si](CC)(CC)O[C@@H]1[C@@]2(CO[Si](c3ccccc3)(c3ccccc3)C(C)(C)C)C[C@@H]3C(=O)[C@@]4(CC[C@H](OC(=O)c5ccccc5)[C@@]14OS(=O)(=O)O2)[C@H](C)C[C@@H]1[C@H]3C1(C)C. The van der Waals surface area contributed by atoms with Crippen LogP contribution in [0.15, 0.2) is 91.0 Å². The largest absolute Gasteiger partial charge is 0.455 e. The molecule has 5 fully saturated rings. The van der Waals surface area contributed by atoms with Gasteiger partial charge in [-0.3, -0.25) is 4.79 Å². The highest BCUT2D eigenvalue weighted by Crippen LogP contribution is 2.75. The van der Waals surface area contributed by atoms with Gasteiger partial charge in [-0.15, -0.1) is 0 Å². The van der Waals surface area contributed by atoms with Crippen LogP contribution in [0.25, 0.3) is 0 Å². The first-order chi connectivity index (χ1) is 28.3. The van der Waals surface area contributed by atoms with Gasteiger partial charge in [0.2, 0.25) is 0 Å². The second-order valence-corrected chi connectivity index (χ2v) is 30.3. The molecule has 60 heavy (non-hydrogen) atoms. The highest BCUT2D eigenvalue weighted by Gasteiger charge is 2.85. The molecule has 0 aromatic heterocycles. The predicted molar refractivity (Wildman–Crippen MR) is 237 cm³/mol. The van der Waals surface area contributed by atoms with Crippen molar-refractivity contribution in [2.45, 2.75) is 135 Å². The Morgan fingerprint density at radius 2 is 1.40 bits per heavy atom. The van der Waals surface area contributed by atoms with E-state index < -0.39 is 72.8 Å². The number of hydrogen-bond donors (Lipinski definition) is 0. The Kier molecular flexibility index (Phi) is 11.0. The molecule has 3 aromatic rings. The maximum Gasteiger partial charge on any atom is 0.401 e. The third kappa shape index (κ3) is 6.35. The van der Waals surface area contributed by atoms with Gasteiger partial charge in [-0.2, -0.15) is 8.42 Å². The molecule has 8 rings (SSSR count). The number of ether oxygens (including phenoxy) is 1. The number of esters is 1. The van der Waals surface area contributed by atoms with Crippen molar-refractivity contribution in [3.8, 4) is 0 Å². The molecular formula is C48H64O9SSi2. The molecule has 0 unspecified atom stereocenters. The fourth-order valence-corrected chi connectivity index (χ4v) is 21.8. The molecule has 324 valence electrons. The van der Waals surface area contributed by atoms with Crippen LogP contribution in [-0.2, 0) is 37.1 Å². The highest BCUT2D eigenvalue weighted by molar-refractivity contribution is 7.82. The molecular weight excluding hydrogens is 809 g/mol. The summed E-state index contributed by atoms with van der Waals surface area (Å²) in [6.07, 6.45) is -0.911. The molecule has 0 amide bonds. The molecule has 4 aliphatic carbocycles. The molecule has 4 saturated carbocycles. The number of Topliss-reactive ketones (excluding diaryl/α,β-unsaturated/α-hetero) is 1. The van der Waals surface area contributed by atoms with Crippen LogP contribution in [0.4, 0.5) is 0 Å². The number of benzene rings is 3. The smallest absolute Gasteiger partial charge is 0.401 e. The molecule has 1 heterocycles. The second kappa shape index (κ2) is 15.1. The van der Waals surface area contributed by atoms with Gasteiger partial charge in [0, 0.05) is 5.92 Å². The number of rotatable bonds is 12. The van der Waals surface area contributed by atoms with Gasteiger partial charge in [-0.1, -0.05) is 141 Å². The van der Waals surface area contributed by atoms with Crippen molar-refractivity contribution < 1.29 is 40.0 Å². The fourth-order valence-electron chi connectivity index (χ4n) is 13.0. The Morgan fingerprint density at radius 1 is 0.850 bits per heavy atom. The summed E-state index contributed by atoms with van der Waals surface area (Å²) < 4.78 is 65.4. The van der Waals surface area contributed by atoms with Crippen LogP contribution >= 0.6 is 0 Å². The van der Waals surface area contributed by atoms with Gasteiger partial charge in [0.1, 0.15) is 23.6 Å². The Morgan fingerprint density at radius 3 is 1.93 bits per heavy atom. The van der Waals surface area contributed by atoms with Crippen LogP contribution in [0.3, 0.4) is 0 Å². The van der Waals surface area contributed by atoms with Gasteiger partial charge >= 0.3 is 16.4 Å². The van der Waals surface area contributed by atoms with E-state index in [0.29, 0.717) is 12.0 Å². The third-order valence-corrected chi connectivity index (χ3v) is 26.8. The number of carbonyl (C=O) groups is 2. The first kappa shape index (κ1) is 43.7. The highest BCUT2D eigenvalue weighted by atomic mass is 32.3. The maximum absolute atomic E-state index is 16.2. The third-order valence-electron chi connectivity index (χ3n) is 16.2. The van der Waals surface area contributed by atoms with Gasteiger partial charge in [0.05, 0.1) is 17.6 Å². The zero-order valence-corrected chi connectivity index (χ0v) is 39.7. The standard InChI is InChI=1S/C48H64O9SSi2/c1-10-59(11-2,12-3)55-43-46(32-53-60(44(5,6)7,35-24-18-14-19-25-35)36-26-20-15-21-27-36)31-37-40-38(45(40,8)9)30-33(4)47(41(37)49)29-28-39(48(43,47)57-58(51,52)56-46)54-42(50)34-22-16-13-17-23-34/h13-27,33,37-40,43H,10-12,28-32H2,1-9H3/t33-,37+,38-,39+,40+,43-,46+,47-,48-/m1/s1. The lowest BCUT2D eigenvalue weighted by atomic mass is 9.59. The molecule has 5 aliphatic rings. The fraction of sp³-hybridized carbons (Fsp3) is 0.583. The van der Waals surface area contributed by atoms with Crippen LogP contribution in [-0.4, -0.2) is 66.8 Å². The van der Waals surface area contributed by atoms with E-state index in [9.17, 15) is 13.2 Å². The molecule has 12 heteroatoms. The molecule has 0 N–H and O–H groups in total. The molecule has 1 aliphatic heterocycles. The Labute approximate surface area is 359 Å². The van der Waals surface area contributed by atoms with Crippen molar-refractivity contribution in [1.82, 2.24) is 0 Å². The van der Waals surface area contributed by atoms with Crippen molar-refractivity contribution in [2.75, 3.05) is 6.61 Å². The summed E-state index contributed by atoms with van der Waals surface area (Å²) in [4.78, 5) is 30.4. The lowest BCUT2D eigenvalue weighted by Gasteiger charge is -2.59. The van der Waals surface area contributed by atoms with Gasteiger partial charge in [-0.05, 0) is 94.5 Å². The van der Waals surface area contributed by atoms with Crippen LogP contribution in [0.5, 0.6) is 0 Å². The minimum absolute atomic E-state index is 0.00337. The van der Waals surface area contributed by atoms with Crippen LogP contribution in [0.2, 0.25) is 23.2 Å². The summed E-state index contributed by atoms with van der Waals surface area (Å²) in [5, 5.41) is 1.62. The topological polar surface area (TPSA) is 114 Å². The molecule has 9 nitrogen and oxygen atoms in total. The van der Waals surface area contributed by atoms with Crippen LogP contribution < -0.4 is 10.4 Å². The first-order valence-electron chi connectivity index (χ1n) is 22.2. The van der Waals surface area contributed by atoms with Crippen molar-refractivity contribution >= 4 is 49.2 Å². The predicted octanol–water partition coefficient (Wildman–Crippen LogP) is 8.63. The van der Waals surface area contributed by atoms with E-state index in [2.05, 4.69) is 86.6 Å². The maximum atomic E-state index is 16.2. The van der Waals surface area contributed by atoms with Gasteiger partial charge in [0.25, 0.3) is 8.32 Å². The van der Waals surface area contributed by atoms with Crippen molar-refractivity contribution in [3.63, 3.8) is 0 Å². The van der Waals surface area contributed by atoms with Crippen molar-refractivity contribution in [3.05, 3.63) is 96.6 Å². The number of carbonyl (C=O) groups excluding carboxylic acids is 2. The lowest BCUT2D eigenvalue weighted by molar-refractivity contribution is -0.245. The number of hydrogen-bond acceptors (Lipinski definition) is 9. The summed E-state index contributed by atoms with van der Waals surface area (Å²) in [6.45, 7) is 19.4. The molecule has 2 spiro atoms. The quantitative estimate of drug-likeness (QED) is 0.130. The van der Waals surface area contributed by atoms with E-state index in [1.165, 1.54) is 0 Å². The van der Waals surface area contributed by atoms with Crippen molar-refractivity contribution in [2.24, 2.45) is 34.5 Å². The van der Waals surface area contributed by atoms with E-state index >= 15 is 4.79 Å². The molecule has 9 atom stereocenters. The minimum Gasteiger partial charge on any atom is -0.455 e. The second-order valence-electron chi connectivity index (χ2n) is 20.2. The Bertz CT molecular complexity index is 2140. The van der Waals surface area contributed by atoms with Gasteiger partial charge in [0.15, 0.2) is 13.9 Å². The number of fused-ring (bicyclic) bond motifs is 4. The summed E-state index contributed by atoms with van der Waals surface area (Å²) in [6, 6.07) is 31.5. The molecule has 4 bridgehead atoms. The summed E-state index contributed by atoms with van der Waals surface area (Å²) in [5.74, 6) is -1.24. The number of ketones is 1. The summed E-state index contributed by atoms with van der Waals surface area (Å²) in [5.41, 5.74) is -4.81. The van der Waals surface area contributed by atoms with Gasteiger partial charge < -0.3 is 13.6 Å². The van der Waals surface area contributed by atoms with Gasteiger partial charge in [-0.25, -0.2) is 13.2 Å². The lowest BCUT2D eigenvalue weighted by Crippen LogP contribution is -2.77. The molecule has 1 saturated heterocycles. The summed E-state index contributed by atoms with van der Waals surface area (Å²) in [7, 11) is -10.9. The zero-order valence-electron chi connectivity index (χ0n) is 36.9. The van der Waals surface area contributed by atoms with E-state index in [1.807, 2.05) is 42.5 Å². The average molecular weight is 873 g/mol. The van der Waals surface area contributed by atoms with E-state index in [-0.39, 0.29) is 48.4 Å². The average Bonchev–Trinajstić information content (AvgIpc) is 3.66. The van der Waals surface area contributed by atoms with E-state index in [4.69, 9.17) is 22.0 Å². The Balaban J connectivity index is 1.41. The van der Waals surface area contributed by atoms with E-state index in [0.717, 1.165) is 34.9 Å². The summed E-state index contributed by atoms with van der Waals surface area (Å²) >= 11 is 0.